The van der Waals surface area contributed by atoms with Crippen LogP contribution in [0.1, 0.15) is 33.4 Å². The molecule has 110 valence electrons. The summed E-state index contributed by atoms with van der Waals surface area (Å²) < 4.78 is 6.07. The number of hydrogen-bond donors (Lipinski definition) is 1. The zero-order valence-electron chi connectivity index (χ0n) is 13.0. The lowest BCUT2D eigenvalue weighted by atomic mass is 10.0. The Balaban J connectivity index is 2.27. The molecule has 3 heteroatoms. The molecular weight excluding hydrogens is 278 g/mol. The molecule has 0 fully saturated rings. The van der Waals surface area contributed by atoms with E-state index in [9.17, 15) is 0 Å². The lowest BCUT2D eigenvalue weighted by Gasteiger charge is -2.16. The third kappa shape index (κ3) is 3.42. The van der Waals surface area contributed by atoms with Crippen LogP contribution in [0.5, 0.6) is 5.75 Å². The van der Waals surface area contributed by atoms with Crippen molar-refractivity contribution in [2.75, 3.05) is 0 Å². The van der Waals surface area contributed by atoms with Crippen molar-refractivity contribution >= 4 is 17.2 Å². The fourth-order valence-electron chi connectivity index (χ4n) is 2.54. The summed E-state index contributed by atoms with van der Waals surface area (Å²) in [7, 11) is 0. The lowest BCUT2D eigenvalue weighted by molar-refractivity contribution is 0.300. The molecule has 0 unspecified atom stereocenters. The molecule has 2 aromatic carbocycles. The predicted molar refractivity (Wildman–Crippen MR) is 92.1 cm³/mol. The van der Waals surface area contributed by atoms with E-state index in [1.54, 1.807) is 0 Å². The van der Waals surface area contributed by atoms with Crippen LogP contribution in [0.2, 0.25) is 0 Å². The molecule has 0 aromatic heterocycles. The Labute approximate surface area is 131 Å². The second kappa shape index (κ2) is 6.27. The van der Waals surface area contributed by atoms with Gasteiger partial charge in [0, 0.05) is 5.56 Å². The first kappa shape index (κ1) is 15.5. The van der Waals surface area contributed by atoms with Crippen LogP contribution in [-0.2, 0) is 6.61 Å². The van der Waals surface area contributed by atoms with Gasteiger partial charge in [-0.15, -0.1) is 0 Å². The predicted octanol–water partition coefficient (Wildman–Crippen LogP) is 4.13. The number of benzene rings is 2. The molecule has 0 heterocycles. The van der Waals surface area contributed by atoms with Gasteiger partial charge in [-0.1, -0.05) is 30.4 Å². The first-order valence-electron chi connectivity index (χ1n) is 6.99. The Hall–Kier alpha value is -1.87. The molecular formula is C18H21NOS. The van der Waals surface area contributed by atoms with Gasteiger partial charge in [0.05, 0.1) is 0 Å². The summed E-state index contributed by atoms with van der Waals surface area (Å²) in [6.45, 7) is 8.85. The van der Waals surface area contributed by atoms with Crippen LogP contribution in [-0.4, -0.2) is 4.99 Å². The molecule has 2 aromatic rings. The van der Waals surface area contributed by atoms with Crippen molar-refractivity contribution in [3.63, 3.8) is 0 Å². The Bertz CT molecular complexity index is 648. The van der Waals surface area contributed by atoms with Crippen LogP contribution >= 0.6 is 12.2 Å². The zero-order chi connectivity index (χ0) is 15.6. The lowest BCUT2D eigenvalue weighted by Crippen LogP contribution is -2.11. The van der Waals surface area contributed by atoms with Crippen molar-refractivity contribution in [3.8, 4) is 5.75 Å². The molecule has 2 rings (SSSR count). The average Bonchev–Trinajstić information content (AvgIpc) is 2.40. The van der Waals surface area contributed by atoms with E-state index >= 15 is 0 Å². The van der Waals surface area contributed by atoms with Crippen LogP contribution in [0.4, 0.5) is 0 Å². The van der Waals surface area contributed by atoms with Crippen molar-refractivity contribution in [2.45, 2.75) is 34.3 Å². The Morgan fingerprint density at radius 1 is 1.00 bits per heavy atom. The average molecular weight is 299 g/mol. The first-order valence-corrected chi connectivity index (χ1v) is 7.40. The molecule has 0 amide bonds. The number of hydrogen-bond acceptors (Lipinski definition) is 2. The minimum atomic E-state index is 0.419. The molecule has 0 spiro atoms. The fourth-order valence-corrected chi connectivity index (χ4v) is 2.66. The van der Waals surface area contributed by atoms with Crippen LogP contribution in [0, 0.1) is 27.7 Å². The molecule has 0 saturated carbocycles. The highest BCUT2D eigenvalue weighted by molar-refractivity contribution is 7.80. The number of rotatable bonds is 4. The van der Waals surface area contributed by atoms with E-state index in [0.29, 0.717) is 11.6 Å². The largest absolute Gasteiger partial charge is 0.488 e. The van der Waals surface area contributed by atoms with E-state index in [2.05, 4.69) is 32.0 Å². The monoisotopic (exact) mass is 299 g/mol. The first-order chi connectivity index (χ1) is 9.90. The summed E-state index contributed by atoms with van der Waals surface area (Å²) in [5.41, 5.74) is 12.5. The molecule has 0 radical (unpaired) electrons. The van der Waals surface area contributed by atoms with Crippen molar-refractivity contribution in [3.05, 3.63) is 63.7 Å². The van der Waals surface area contributed by atoms with E-state index in [-0.39, 0.29) is 0 Å². The minimum Gasteiger partial charge on any atom is -0.488 e. The summed E-state index contributed by atoms with van der Waals surface area (Å²) in [4.78, 5) is 0.419. The number of aryl methyl sites for hydroxylation is 4. The molecule has 0 aliphatic carbocycles. The Kier molecular flexibility index (Phi) is 4.63. The minimum absolute atomic E-state index is 0.419. The molecule has 21 heavy (non-hydrogen) atoms. The number of ether oxygens (including phenoxy) is 1. The molecule has 0 aliphatic rings. The maximum absolute atomic E-state index is 6.07. The van der Waals surface area contributed by atoms with Crippen molar-refractivity contribution in [2.24, 2.45) is 5.73 Å². The molecule has 2 N–H and O–H groups in total. The van der Waals surface area contributed by atoms with Gasteiger partial charge in [-0.25, -0.2) is 0 Å². The molecule has 0 saturated heterocycles. The quantitative estimate of drug-likeness (QED) is 0.862. The maximum Gasteiger partial charge on any atom is 0.125 e. The fraction of sp³-hybridized carbons (Fsp3) is 0.278. The van der Waals surface area contributed by atoms with Gasteiger partial charge in [0.2, 0.25) is 0 Å². The second-order valence-corrected chi connectivity index (χ2v) is 5.90. The van der Waals surface area contributed by atoms with Gasteiger partial charge in [-0.3, -0.25) is 0 Å². The van der Waals surface area contributed by atoms with Gasteiger partial charge in [-0.05, 0) is 67.6 Å². The molecule has 0 aliphatic heterocycles. The van der Waals surface area contributed by atoms with Crippen LogP contribution < -0.4 is 10.5 Å². The van der Waals surface area contributed by atoms with Gasteiger partial charge in [0.25, 0.3) is 0 Å². The van der Waals surface area contributed by atoms with Gasteiger partial charge >= 0.3 is 0 Å². The van der Waals surface area contributed by atoms with Crippen molar-refractivity contribution in [1.29, 1.82) is 0 Å². The van der Waals surface area contributed by atoms with Gasteiger partial charge < -0.3 is 10.5 Å². The van der Waals surface area contributed by atoms with Gasteiger partial charge in [0.1, 0.15) is 17.3 Å². The highest BCUT2D eigenvalue weighted by Crippen LogP contribution is 2.26. The van der Waals surface area contributed by atoms with E-state index in [1.165, 1.54) is 16.7 Å². The summed E-state index contributed by atoms with van der Waals surface area (Å²) in [5, 5.41) is 0. The van der Waals surface area contributed by atoms with Crippen LogP contribution in [0.3, 0.4) is 0 Å². The normalized spacial score (nSPS) is 10.5. The maximum atomic E-state index is 6.07. The van der Waals surface area contributed by atoms with E-state index < -0.39 is 0 Å². The van der Waals surface area contributed by atoms with Gasteiger partial charge in [0.15, 0.2) is 0 Å². The topological polar surface area (TPSA) is 35.2 Å². The van der Waals surface area contributed by atoms with E-state index in [0.717, 1.165) is 22.4 Å². The SMILES string of the molecule is Cc1cccc(C)c1COc1c(C)cc(C(N)=S)cc1C. The summed E-state index contributed by atoms with van der Waals surface area (Å²) in [6.07, 6.45) is 0. The van der Waals surface area contributed by atoms with Crippen molar-refractivity contribution in [1.82, 2.24) is 0 Å². The molecule has 0 atom stereocenters. The second-order valence-electron chi connectivity index (χ2n) is 5.46. The van der Waals surface area contributed by atoms with Gasteiger partial charge in [-0.2, -0.15) is 0 Å². The molecule has 0 bridgehead atoms. The third-order valence-corrected chi connectivity index (χ3v) is 3.99. The van der Waals surface area contributed by atoms with Crippen LogP contribution in [0.15, 0.2) is 30.3 Å². The highest BCUT2D eigenvalue weighted by atomic mass is 32.1. The Morgan fingerprint density at radius 2 is 1.52 bits per heavy atom. The van der Waals surface area contributed by atoms with E-state index in [4.69, 9.17) is 22.7 Å². The summed E-state index contributed by atoms with van der Waals surface area (Å²) >= 11 is 5.04. The van der Waals surface area contributed by atoms with Crippen molar-refractivity contribution < 1.29 is 4.74 Å². The highest BCUT2D eigenvalue weighted by Gasteiger charge is 2.10. The number of nitrogens with two attached hydrogens (primary N) is 1. The standard InChI is InChI=1S/C18H21NOS/c1-11-6-5-7-12(2)16(11)10-20-17-13(3)8-15(18(19)21)9-14(17)4/h5-9H,10H2,1-4H3,(H2,19,21). The molecule has 2 nitrogen and oxygen atoms in total. The summed E-state index contributed by atoms with van der Waals surface area (Å²) in [6, 6.07) is 10.3. The smallest absolute Gasteiger partial charge is 0.125 e. The zero-order valence-corrected chi connectivity index (χ0v) is 13.8. The summed E-state index contributed by atoms with van der Waals surface area (Å²) in [5.74, 6) is 0.914. The number of thiocarbonyl (C=S) groups is 1. The Morgan fingerprint density at radius 3 is 2.00 bits per heavy atom. The van der Waals surface area contributed by atoms with E-state index in [1.807, 2.05) is 26.0 Å². The van der Waals surface area contributed by atoms with Crippen LogP contribution in [0.25, 0.3) is 0 Å². The third-order valence-electron chi connectivity index (χ3n) is 3.75.